The van der Waals surface area contributed by atoms with Crippen LogP contribution in [0.25, 0.3) is 0 Å². The first-order valence-electron chi connectivity index (χ1n) is 16.9. The van der Waals surface area contributed by atoms with Gasteiger partial charge in [0.2, 0.25) is 0 Å². The fraction of sp³-hybridized carbons (Fsp3) is 0.812. The summed E-state index contributed by atoms with van der Waals surface area (Å²) in [7, 11) is 0. The normalized spacial score (nSPS) is 17.2. The van der Waals surface area contributed by atoms with Gasteiger partial charge >= 0.3 is 12.1 Å². The molecule has 0 bridgehead atoms. The second-order valence-electron chi connectivity index (χ2n) is 10.6. The van der Waals surface area contributed by atoms with E-state index in [4.69, 9.17) is 47.5 Å². The zero-order valence-electron chi connectivity index (χ0n) is 28.1. The van der Waals surface area contributed by atoms with Gasteiger partial charge in [0.15, 0.2) is 0 Å². The van der Waals surface area contributed by atoms with Crippen molar-refractivity contribution in [2.75, 3.05) is 112 Å². The first-order valence-corrected chi connectivity index (χ1v) is 16.9. The Balaban J connectivity index is 1.19. The summed E-state index contributed by atoms with van der Waals surface area (Å²) in [5.74, 6) is -1.72. The second kappa shape index (κ2) is 29.2. The van der Waals surface area contributed by atoms with Gasteiger partial charge in [-0.1, -0.05) is 12.5 Å². The molecule has 0 unspecified atom stereocenters. The molecule has 0 aromatic rings. The number of nitrogens with one attached hydrogen (secondary N) is 1. The Labute approximate surface area is 282 Å². The second-order valence-corrected chi connectivity index (χ2v) is 10.6. The van der Waals surface area contributed by atoms with E-state index < -0.39 is 23.9 Å². The average Bonchev–Trinajstić information content (AvgIpc) is 3.37. The third-order valence-corrected chi connectivity index (χ3v) is 6.74. The van der Waals surface area contributed by atoms with Crippen molar-refractivity contribution in [2.45, 2.75) is 57.5 Å². The van der Waals surface area contributed by atoms with Crippen LogP contribution in [0.2, 0.25) is 0 Å². The van der Waals surface area contributed by atoms with Gasteiger partial charge in [-0.05, 0) is 31.8 Å². The number of ether oxygens (including phenoxy) is 9. The number of amides is 3. The van der Waals surface area contributed by atoms with Crippen molar-refractivity contribution >= 4 is 23.9 Å². The first kappa shape index (κ1) is 41.5. The number of nitrogens with zero attached hydrogens (tertiary/aromatic N) is 1. The molecule has 2 rings (SSSR count). The Morgan fingerprint density at radius 1 is 0.625 bits per heavy atom. The summed E-state index contributed by atoms with van der Waals surface area (Å²) >= 11 is 0. The summed E-state index contributed by atoms with van der Waals surface area (Å²) in [6.45, 7) is 6.77. The van der Waals surface area contributed by atoms with Crippen LogP contribution in [-0.2, 0) is 61.9 Å². The highest BCUT2D eigenvalue weighted by Crippen LogP contribution is 2.14. The van der Waals surface area contributed by atoms with E-state index >= 15 is 0 Å². The molecule has 1 aliphatic carbocycles. The van der Waals surface area contributed by atoms with Crippen LogP contribution < -0.4 is 5.32 Å². The number of hydrogen-bond acceptors (Lipinski definition) is 14. The van der Waals surface area contributed by atoms with E-state index in [2.05, 4.69) is 11.4 Å². The van der Waals surface area contributed by atoms with Crippen LogP contribution in [0.5, 0.6) is 0 Å². The Hall–Kier alpha value is -2.70. The molecule has 48 heavy (non-hydrogen) atoms. The van der Waals surface area contributed by atoms with Gasteiger partial charge in [0.25, 0.3) is 11.8 Å². The van der Waals surface area contributed by atoms with Crippen LogP contribution in [0.1, 0.15) is 51.4 Å². The fourth-order valence-corrected chi connectivity index (χ4v) is 4.23. The number of carbonyl (C=O) groups excluding carboxylic acids is 4. The van der Waals surface area contributed by atoms with E-state index in [1.54, 1.807) is 0 Å². The lowest BCUT2D eigenvalue weighted by atomic mass is 10.0. The highest BCUT2D eigenvalue weighted by molar-refractivity contribution is 6.01. The Morgan fingerprint density at radius 2 is 1.08 bits per heavy atom. The molecule has 1 N–H and O–H groups in total. The van der Waals surface area contributed by atoms with Crippen molar-refractivity contribution in [2.24, 2.45) is 0 Å². The maximum absolute atomic E-state index is 11.9. The van der Waals surface area contributed by atoms with Gasteiger partial charge in [0, 0.05) is 19.4 Å². The number of carbonyl (C=O) groups is 4. The minimum absolute atomic E-state index is 0.0577. The number of rotatable bonds is 29. The largest absolute Gasteiger partial charge is 0.442 e. The van der Waals surface area contributed by atoms with Gasteiger partial charge in [0.1, 0.15) is 6.10 Å². The third kappa shape index (κ3) is 22.8. The summed E-state index contributed by atoms with van der Waals surface area (Å²) in [5, 5.41) is 3.23. The van der Waals surface area contributed by atoms with Gasteiger partial charge in [-0.15, -0.1) is 5.06 Å². The van der Waals surface area contributed by atoms with E-state index in [-0.39, 0.29) is 38.6 Å². The molecule has 16 heteroatoms. The van der Waals surface area contributed by atoms with Gasteiger partial charge in [-0.2, -0.15) is 0 Å². The quantitative estimate of drug-likeness (QED) is 0.0682. The molecule has 276 valence electrons. The predicted molar refractivity (Wildman–Crippen MR) is 169 cm³/mol. The summed E-state index contributed by atoms with van der Waals surface area (Å²) in [6.07, 6.45) is 8.89. The van der Waals surface area contributed by atoms with Crippen molar-refractivity contribution in [1.82, 2.24) is 10.4 Å². The highest BCUT2D eigenvalue weighted by Gasteiger charge is 2.32. The monoisotopic (exact) mass is 690 g/mol. The molecule has 1 heterocycles. The Bertz CT molecular complexity index is 890. The Kier molecular flexibility index (Phi) is 25.3. The predicted octanol–water partition coefficient (Wildman–Crippen LogP) is 1.73. The molecule has 0 aromatic heterocycles. The highest BCUT2D eigenvalue weighted by atomic mass is 16.7. The number of imide groups is 1. The van der Waals surface area contributed by atoms with Crippen molar-refractivity contribution < 1.29 is 66.6 Å². The zero-order chi connectivity index (χ0) is 34.3. The molecule has 1 fully saturated rings. The van der Waals surface area contributed by atoms with Crippen LogP contribution in [-0.4, -0.2) is 147 Å². The standard InChI is InChI=1S/C32H54N2O14/c35-29-8-9-30(36)34(29)48-31(37)10-12-39-14-16-41-18-20-43-22-24-45-26-27-46-25-23-44-21-19-42-17-15-40-13-11-33-32(38)47-28-6-4-2-1-3-5-7-28/h4,6,28H,1-3,5,7-27H2,(H,33,38)/b6-4+/t28-/m1/s1. The lowest BCUT2D eigenvalue weighted by Crippen LogP contribution is -2.32. The van der Waals surface area contributed by atoms with Crippen LogP contribution in [0, 0.1) is 0 Å². The molecular weight excluding hydrogens is 636 g/mol. The summed E-state index contributed by atoms with van der Waals surface area (Å²) in [5.41, 5.74) is 0. The topological polar surface area (TPSA) is 176 Å². The van der Waals surface area contributed by atoms with Crippen LogP contribution >= 0.6 is 0 Å². The van der Waals surface area contributed by atoms with E-state index in [9.17, 15) is 19.2 Å². The van der Waals surface area contributed by atoms with Gasteiger partial charge in [-0.3, -0.25) is 9.59 Å². The number of alkyl carbamates (subject to hydrolysis) is 1. The van der Waals surface area contributed by atoms with Crippen LogP contribution in [0.3, 0.4) is 0 Å². The molecule has 0 aromatic carbocycles. The maximum atomic E-state index is 11.9. The van der Waals surface area contributed by atoms with E-state index in [1.165, 1.54) is 12.8 Å². The van der Waals surface area contributed by atoms with E-state index in [0.717, 1.165) is 19.3 Å². The molecule has 0 radical (unpaired) electrons. The fourth-order valence-electron chi connectivity index (χ4n) is 4.23. The summed E-state index contributed by atoms with van der Waals surface area (Å²) < 4.78 is 48.8. The molecule has 0 saturated carbocycles. The van der Waals surface area contributed by atoms with Crippen molar-refractivity contribution in [1.29, 1.82) is 0 Å². The molecule has 1 atom stereocenters. The van der Waals surface area contributed by atoms with Gasteiger partial charge < -0.3 is 52.8 Å². The SMILES string of the molecule is O=C(CCOCCOCCOCCOCCOCCOCCOCCOCCNC(=O)O[C@@H]1/C=C/CCCCC1)ON1C(=O)CCC1=O. The van der Waals surface area contributed by atoms with Crippen LogP contribution in [0.15, 0.2) is 12.2 Å². The average molecular weight is 691 g/mol. The van der Waals surface area contributed by atoms with E-state index in [1.807, 2.05) is 6.08 Å². The Morgan fingerprint density at radius 3 is 1.58 bits per heavy atom. The molecule has 1 saturated heterocycles. The zero-order valence-corrected chi connectivity index (χ0v) is 28.1. The summed E-state index contributed by atoms with van der Waals surface area (Å²) in [6, 6.07) is 0. The lowest BCUT2D eigenvalue weighted by molar-refractivity contribution is -0.198. The number of allylic oxidation sites excluding steroid dienone is 1. The number of hydrogen-bond donors (Lipinski definition) is 1. The third-order valence-electron chi connectivity index (χ3n) is 6.74. The maximum Gasteiger partial charge on any atom is 0.407 e. The van der Waals surface area contributed by atoms with Gasteiger partial charge in [0.05, 0.1) is 112 Å². The smallest absolute Gasteiger partial charge is 0.407 e. The van der Waals surface area contributed by atoms with Gasteiger partial charge in [-0.25, -0.2) is 9.59 Å². The summed E-state index contributed by atoms with van der Waals surface area (Å²) in [4.78, 5) is 51.1. The van der Waals surface area contributed by atoms with Crippen molar-refractivity contribution in [3.8, 4) is 0 Å². The lowest BCUT2D eigenvalue weighted by Gasteiger charge is -2.16. The minimum Gasteiger partial charge on any atom is -0.442 e. The van der Waals surface area contributed by atoms with E-state index in [0.29, 0.717) is 104 Å². The molecular formula is C32H54N2O14. The van der Waals surface area contributed by atoms with Crippen molar-refractivity contribution in [3.05, 3.63) is 12.2 Å². The minimum atomic E-state index is -0.701. The molecule has 16 nitrogen and oxygen atoms in total. The van der Waals surface area contributed by atoms with Crippen molar-refractivity contribution in [3.63, 3.8) is 0 Å². The first-order chi connectivity index (χ1) is 23.6. The molecule has 1 aliphatic heterocycles. The van der Waals surface area contributed by atoms with Crippen LogP contribution in [0.4, 0.5) is 4.79 Å². The number of hydroxylamine groups is 2. The molecule has 0 spiro atoms. The molecule has 2 aliphatic rings. The molecule has 3 amide bonds.